The average molecular weight is 270 g/mol. The van der Waals surface area contributed by atoms with E-state index in [4.69, 9.17) is 0 Å². The number of carbonyl (C=O) groups excluding carboxylic acids is 2. The van der Waals surface area contributed by atoms with Crippen LogP contribution < -0.4 is 0 Å². The molecule has 0 saturated carbocycles. The van der Waals surface area contributed by atoms with Crippen LogP contribution in [-0.4, -0.2) is 29.7 Å². The van der Waals surface area contributed by atoms with Crippen molar-refractivity contribution in [3.8, 4) is 6.07 Å². The van der Waals surface area contributed by atoms with Crippen LogP contribution in [0.2, 0.25) is 0 Å². The van der Waals surface area contributed by atoms with Gasteiger partial charge in [-0.15, -0.1) is 0 Å². The molecule has 4 heteroatoms. The Morgan fingerprint density at radius 3 is 2.35 bits per heavy atom. The lowest BCUT2D eigenvalue weighted by molar-refractivity contribution is -0.131. The third kappa shape index (κ3) is 2.88. The van der Waals surface area contributed by atoms with Gasteiger partial charge >= 0.3 is 0 Å². The second-order valence-corrected chi connectivity index (χ2v) is 5.01. The summed E-state index contributed by atoms with van der Waals surface area (Å²) in [6, 6.07) is 8.99. The van der Waals surface area contributed by atoms with Crippen molar-refractivity contribution in [1.82, 2.24) is 4.90 Å². The van der Waals surface area contributed by atoms with Gasteiger partial charge in [-0.3, -0.25) is 9.59 Å². The third-order valence-corrected chi connectivity index (χ3v) is 3.70. The van der Waals surface area contributed by atoms with Crippen LogP contribution in [0.3, 0.4) is 0 Å². The number of hydrogen-bond donors (Lipinski definition) is 0. The van der Waals surface area contributed by atoms with Crippen molar-refractivity contribution in [3.63, 3.8) is 0 Å². The number of Topliss-reactive ketones (excluding diaryl/α,β-unsaturated/α-hetero) is 1. The van der Waals surface area contributed by atoms with Gasteiger partial charge in [0.1, 0.15) is 0 Å². The summed E-state index contributed by atoms with van der Waals surface area (Å²) >= 11 is 0. The van der Waals surface area contributed by atoms with Crippen LogP contribution in [0, 0.1) is 17.2 Å². The van der Waals surface area contributed by atoms with Crippen LogP contribution >= 0.6 is 0 Å². The molecule has 1 heterocycles. The molecule has 0 aliphatic carbocycles. The highest BCUT2D eigenvalue weighted by Crippen LogP contribution is 2.16. The fraction of sp³-hybridized carbons (Fsp3) is 0.438. The number of nitrogens with zero attached hydrogens (tertiary/aromatic N) is 2. The van der Waals surface area contributed by atoms with Crippen LogP contribution in [0.25, 0.3) is 0 Å². The second-order valence-electron chi connectivity index (χ2n) is 5.01. The van der Waals surface area contributed by atoms with E-state index in [1.807, 2.05) is 25.1 Å². The van der Waals surface area contributed by atoms with Gasteiger partial charge in [-0.05, 0) is 24.8 Å². The Labute approximate surface area is 119 Å². The van der Waals surface area contributed by atoms with E-state index in [2.05, 4.69) is 0 Å². The molecule has 0 radical (unpaired) electrons. The van der Waals surface area contributed by atoms with E-state index in [1.165, 1.54) is 0 Å². The Bertz CT molecular complexity index is 537. The van der Waals surface area contributed by atoms with Gasteiger partial charge in [-0.1, -0.05) is 31.2 Å². The van der Waals surface area contributed by atoms with E-state index >= 15 is 0 Å². The van der Waals surface area contributed by atoms with Gasteiger partial charge in [0.05, 0.1) is 6.07 Å². The minimum Gasteiger partial charge on any atom is -0.341 e. The van der Waals surface area contributed by atoms with Gasteiger partial charge in [0.15, 0.2) is 11.7 Å². The molecule has 20 heavy (non-hydrogen) atoms. The molecule has 2 rings (SSSR count). The topological polar surface area (TPSA) is 61.2 Å². The summed E-state index contributed by atoms with van der Waals surface area (Å²) in [4.78, 5) is 26.1. The first-order valence-electron chi connectivity index (χ1n) is 6.99. The van der Waals surface area contributed by atoms with Gasteiger partial charge < -0.3 is 4.90 Å². The molecule has 1 aliphatic heterocycles. The molecule has 104 valence electrons. The van der Waals surface area contributed by atoms with E-state index in [9.17, 15) is 14.9 Å². The number of likely N-dealkylation sites (tertiary alicyclic amines) is 1. The first-order chi connectivity index (χ1) is 9.67. The Hall–Kier alpha value is -2.15. The largest absolute Gasteiger partial charge is 0.341 e. The number of ketones is 1. The lowest BCUT2D eigenvalue weighted by Crippen LogP contribution is -2.37. The van der Waals surface area contributed by atoms with E-state index in [0.717, 1.165) is 24.8 Å². The Morgan fingerprint density at radius 2 is 1.85 bits per heavy atom. The second kappa shape index (κ2) is 6.33. The fourth-order valence-electron chi connectivity index (χ4n) is 2.42. The highest BCUT2D eigenvalue weighted by atomic mass is 16.2. The van der Waals surface area contributed by atoms with Crippen molar-refractivity contribution in [1.29, 1.82) is 5.26 Å². The molecule has 1 aromatic rings. The Balaban J connectivity index is 2.15. The predicted octanol–water partition coefficient (Wildman–Crippen LogP) is 2.19. The quantitative estimate of drug-likeness (QED) is 0.622. The maximum Gasteiger partial charge on any atom is 0.247 e. The maximum absolute atomic E-state index is 12.3. The summed E-state index contributed by atoms with van der Waals surface area (Å²) in [6.07, 6.45) is 2.79. The molecule has 0 unspecified atom stereocenters. The van der Waals surface area contributed by atoms with Crippen molar-refractivity contribution in [2.24, 2.45) is 5.92 Å². The van der Waals surface area contributed by atoms with E-state index in [1.54, 1.807) is 17.0 Å². The van der Waals surface area contributed by atoms with Crippen molar-refractivity contribution < 1.29 is 9.59 Å². The summed E-state index contributed by atoms with van der Waals surface area (Å²) in [6.45, 7) is 3.34. The number of amides is 1. The zero-order valence-electron chi connectivity index (χ0n) is 11.6. The summed E-state index contributed by atoms with van der Waals surface area (Å²) in [7, 11) is 0. The first-order valence-corrected chi connectivity index (χ1v) is 6.99. The zero-order valence-corrected chi connectivity index (χ0v) is 11.6. The number of nitriles is 1. The van der Waals surface area contributed by atoms with Gasteiger partial charge in [0, 0.05) is 18.7 Å². The van der Waals surface area contributed by atoms with Gasteiger partial charge in [0.2, 0.25) is 5.91 Å². The summed E-state index contributed by atoms with van der Waals surface area (Å²) in [5.74, 6) is -1.96. The molecule has 1 aliphatic rings. The standard InChI is InChI=1S/C16H18N2O2/c1-2-12-5-7-13(8-6-12)15(19)14(11-17)16(20)18-9-3-4-10-18/h5-8,14H,2-4,9-10H2,1H3/t14-/m0/s1. The third-order valence-electron chi connectivity index (χ3n) is 3.70. The number of aryl methyl sites for hydroxylation is 1. The average Bonchev–Trinajstić information content (AvgIpc) is 3.02. The van der Waals surface area contributed by atoms with Crippen molar-refractivity contribution in [2.75, 3.05) is 13.1 Å². The van der Waals surface area contributed by atoms with Gasteiger partial charge in [-0.2, -0.15) is 5.26 Å². The molecule has 4 nitrogen and oxygen atoms in total. The Kier molecular flexibility index (Phi) is 4.52. The lowest BCUT2D eigenvalue weighted by atomic mass is 9.96. The zero-order chi connectivity index (χ0) is 14.5. The molecule has 0 spiro atoms. The van der Waals surface area contributed by atoms with E-state index < -0.39 is 11.7 Å². The molecule has 0 bridgehead atoms. The SMILES string of the molecule is CCc1ccc(C(=O)[C@H](C#N)C(=O)N2CCCC2)cc1. The fourth-order valence-corrected chi connectivity index (χ4v) is 2.42. The van der Waals surface area contributed by atoms with E-state index in [-0.39, 0.29) is 5.91 Å². The van der Waals surface area contributed by atoms with Gasteiger partial charge in [0.25, 0.3) is 0 Å². The minimum absolute atomic E-state index is 0.352. The van der Waals surface area contributed by atoms with Crippen LogP contribution in [0.4, 0.5) is 0 Å². The summed E-state index contributed by atoms with van der Waals surface area (Å²) in [5.41, 5.74) is 1.56. The molecular formula is C16H18N2O2. The summed E-state index contributed by atoms with van der Waals surface area (Å²) < 4.78 is 0. The molecule has 0 N–H and O–H groups in total. The molecule has 1 saturated heterocycles. The van der Waals surface area contributed by atoms with Crippen LogP contribution in [0.1, 0.15) is 35.7 Å². The smallest absolute Gasteiger partial charge is 0.247 e. The van der Waals surface area contributed by atoms with Crippen molar-refractivity contribution >= 4 is 11.7 Å². The normalized spacial score (nSPS) is 15.7. The lowest BCUT2D eigenvalue weighted by Gasteiger charge is -2.18. The van der Waals surface area contributed by atoms with Crippen LogP contribution in [-0.2, 0) is 11.2 Å². The molecule has 0 aromatic heterocycles. The van der Waals surface area contributed by atoms with Crippen molar-refractivity contribution in [2.45, 2.75) is 26.2 Å². The number of hydrogen-bond acceptors (Lipinski definition) is 3. The Morgan fingerprint density at radius 1 is 1.25 bits per heavy atom. The number of carbonyl (C=O) groups is 2. The van der Waals surface area contributed by atoms with Crippen LogP contribution in [0.15, 0.2) is 24.3 Å². The summed E-state index contributed by atoms with van der Waals surface area (Å²) in [5, 5.41) is 9.17. The first kappa shape index (κ1) is 14.3. The number of benzene rings is 1. The van der Waals surface area contributed by atoms with Crippen molar-refractivity contribution in [3.05, 3.63) is 35.4 Å². The minimum atomic E-state index is -1.21. The number of rotatable bonds is 4. The van der Waals surface area contributed by atoms with Gasteiger partial charge in [-0.25, -0.2) is 0 Å². The maximum atomic E-state index is 12.3. The molecular weight excluding hydrogens is 252 g/mol. The van der Waals surface area contributed by atoms with E-state index in [0.29, 0.717) is 18.7 Å². The highest BCUT2D eigenvalue weighted by Gasteiger charge is 2.32. The highest BCUT2D eigenvalue weighted by molar-refractivity contribution is 6.12. The molecule has 1 atom stereocenters. The molecule has 1 amide bonds. The predicted molar refractivity (Wildman–Crippen MR) is 75.1 cm³/mol. The molecule has 1 fully saturated rings. The molecule has 1 aromatic carbocycles. The monoisotopic (exact) mass is 270 g/mol. The van der Waals surface area contributed by atoms with Crippen LogP contribution in [0.5, 0.6) is 0 Å².